The summed E-state index contributed by atoms with van der Waals surface area (Å²) in [5, 5.41) is 2.78. The number of nitrogens with two attached hydrogens (primary N) is 1. The van der Waals surface area contributed by atoms with E-state index < -0.39 is 12.3 Å². The molecule has 0 saturated carbocycles. The first kappa shape index (κ1) is 23.5. The lowest BCUT2D eigenvalue weighted by molar-refractivity contribution is -0.274. The van der Waals surface area contributed by atoms with Crippen molar-refractivity contribution in [1.82, 2.24) is 0 Å². The molecule has 2 aromatic carbocycles. The average Bonchev–Trinajstić information content (AvgIpc) is 2.62. The summed E-state index contributed by atoms with van der Waals surface area (Å²) in [5.74, 6) is -0.593. The van der Waals surface area contributed by atoms with Crippen LogP contribution < -0.4 is 15.8 Å². The van der Waals surface area contributed by atoms with Crippen LogP contribution in [0, 0.1) is 0 Å². The molecule has 0 unspecified atom stereocenters. The van der Waals surface area contributed by atoms with Gasteiger partial charge in [-0.3, -0.25) is 4.99 Å². The van der Waals surface area contributed by atoms with Crippen molar-refractivity contribution in [3.8, 4) is 5.75 Å². The van der Waals surface area contributed by atoms with Gasteiger partial charge < -0.3 is 20.5 Å². The van der Waals surface area contributed by atoms with E-state index in [9.17, 15) is 18.0 Å². The summed E-state index contributed by atoms with van der Waals surface area (Å²) in [6.07, 6.45) is -4.13. The lowest BCUT2D eigenvalue weighted by atomic mass is 10.1. The number of hydrogen-bond acceptors (Lipinski definition) is 4. The molecule has 0 radical (unpaired) electrons. The molecule has 10 heteroatoms. The van der Waals surface area contributed by atoms with E-state index in [0.717, 1.165) is 5.56 Å². The normalized spacial score (nSPS) is 11.4. The molecule has 0 heterocycles. The zero-order valence-corrected chi connectivity index (χ0v) is 17.2. The second-order valence-corrected chi connectivity index (χ2v) is 5.40. The largest absolute Gasteiger partial charge is 0.573 e. The Morgan fingerprint density at radius 3 is 2.25 bits per heavy atom. The molecule has 28 heavy (non-hydrogen) atoms. The number of ether oxygens (including phenoxy) is 2. The van der Waals surface area contributed by atoms with Gasteiger partial charge in [-0.15, -0.1) is 37.1 Å². The molecule has 0 aliphatic carbocycles. The highest BCUT2D eigenvalue weighted by Gasteiger charge is 2.30. The number of aliphatic imine (C=N–C) groups is 1. The second kappa shape index (κ2) is 10.7. The van der Waals surface area contributed by atoms with Crippen LogP contribution in [0.4, 0.5) is 18.9 Å². The number of nitrogens with one attached hydrogen (secondary N) is 1. The number of carbonyl (C=O) groups is 1. The van der Waals surface area contributed by atoms with Gasteiger partial charge in [-0.25, -0.2) is 4.79 Å². The maximum atomic E-state index is 12.1. The SMILES string of the molecule is COC(=O)c1ccc(CCN=C(N)Nc2ccc(OC(F)(F)F)cc2)cc1.I. The molecule has 0 saturated heterocycles. The van der Waals surface area contributed by atoms with Crippen LogP contribution >= 0.6 is 24.0 Å². The third-order valence-corrected chi connectivity index (χ3v) is 3.42. The Hall–Kier alpha value is -2.50. The van der Waals surface area contributed by atoms with E-state index in [1.54, 1.807) is 24.3 Å². The highest BCUT2D eigenvalue weighted by atomic mass is 127. The lowest BCUT2D eigenvalue weighted by Gasteiger charge is -2.10. The molecule has 2 rings (SSSR count). The molecule has 2 aromatic rings. The predicted octanol–water partition coefficient (Wildman–Crippen LogP) is 3.96. The Bertz CT molecular complexity index is 794. The third-order valence-electron chi connectivity index (χ3n) is 3.42. The van der Waals surface area contributed by atoms with Gasteiger partial charge in [-0.2, -0.15) is 0 Å². The molecule has 0 fully saturated rings. The standard InChI is InChI=1S/C18H18F3N3O3.HI/c1-26-16(25)13-4-2-12(3-5-13)10-11-23-17(22)24-14-6-8-15(9-7-14)27-18(19,20)21;/h2-9H,10-11H2,1H3,(H3,22,23,24);1H. The quantitative estimate of drug-likeness (QED) is 0.267. The second-order valence-electron chi connectivity index (χ2n) is 5.40. The molecule has 0 aliphatic heterocycles. The first-order valence-electron chi connectivity index (χ1n) is 7.87. The monoisotopic (exact) mass is 509 g/mol. The molecule has 6 nitrogen and oxygen atoms in total. The van der Waals surface area contributed by atoms with E-state index in [1.165, 1.54) is 31.4 Å². The summed E-state index contributed by atoms with van der Waals surface area (Å²) in [5.41, 5.74) is 7.67. The first-order valence-corrected chi connectivity index (χ1v) is 7.87. The van der Waals surface area contributed by atoms with Gasteiger partial charge in [0, 0.05) is 12.2 Å². The van der Waals surface area contributed by atoms with E-state index >= 15 is 0 Å². The van der Waals surface area contributed by atoms with E-state index in [1.807, 2.05) is 0 Å². The van der Waals surface area contributed by atoms with E-state index in [2.05, 4.69) is 19.8 Å². The minimum atomic E-state index is -4.73. The van der Waals surface area contributed by atoms with Crippen molar-refractivity contribution in [3.05, 3.63) is 59.7 Å². The highest BCUT2D eigenvalue weighted by molar-refractivity contribution is 14.0. The van der Waals surface area contributed by atoms with Crippen molar-refractivity contribution < 1.29 is 27.4 Å². The maximum Gasteiger partial charge on any atom is 0.573 e. The molecule has 152 valence electrons. The van der Waals surface area contributed by atoms with Gasteiger partial charge >= 0.3 is 12.3 Å². The van der Waals surface area contributed by atoms with Crippen molar-refractivity contribution in [3.63, 3.8) is 0 Å². The molecular weight excluding hydrogens is 490 g/mol. The molecule has 0 aromatic heterocycles. The number of guanidine groups is 1. The molecular formula is C18H19F3IN3O3. The fourth-order valence-electron chi connectivity index (χ4n) is 2.16. The van der Waals surface area contributed by atoms with Gasteiger partial charge in [0.2, 0.25) is 0 Å². The zero-order valence-electron chi connectivity index (χ0n) is 14.8. The number of benzene rings is 2. The minimum Gasteiger partial charge on any atom is -0.465 e. The molecule has 0 amide bonds. The van der Waals surface area contributed by atoms with Gasteiger partial charge in [0.05, 0.1) is 12.7 Å². The number of rotatable bonds is 6. The van der Waals surface area contributed by atoms with Crippen LogP contribution in [-0.4, -0.2) is 31.9 Å². The fraction of sp³-hybridized carbons (Fsp3) is 0.222. The van der Waals surface area contributed by atoms with E-state index in [-0.39, 0.29) is 35.7 Å². The van der Waals surface area contributed by atoms with Gasteiger partial charge in [0.25, 0.3) is 0 Å². The Balaban J connectivity index is 0.00000392. The number of halogens is 4. The van der Waals surface area contributed by atoms with Gasteiger partial charge in [-0.05, 0) is 48.4 Å². The number of methoxy groups -OCH3 is 1. The van der Waals surface area contributed by atoms with Crippen LogP contribution in [0.15, 0.2) is 53.5 Å². The summed E-state index contributed by atoms with van der Waals surface area (Å²) in [4.78, 5) is 15.5. The zero-order chi connectivity index (χ0) is 19.9. The maximum absolute atomic E-state index is 12.1. The van der Waals surface area contributed by atoms with Crippen LogP contribution in [0.2, 0.25) is 0 Å². The Kier molecular flexibility index (Phi) is 9.03. The number of carbonyl (C=O) groups excluding carboxylic acids is 1. The van der Waals surface area contributed by atoms with Crippen LogP contribution in [0.5, 0.6) is 5.75 Å². The highest BCUT2D eigenvalue weighted by Crippen LogP contribution is 2.23. The first-order chi connectivity index (χ1) is 12.8. The minimum absolute atomic E-state index is 0. The number of alkyl halides is 3. The topological polar surface area (TPSA) is 85.9 Å². The molecule has 0 aliphatic rings. The smallest absolute Gasteiger partial charge is 0.465 e. The summed E-state index contributed by atoms with van der Waals surface area (Å²) in [7, 11) is 1.32. The van der Waals surface area contributed by atoms with E-state index in [4.69, 9.17) is 5.73 Å². The molecule has 0 spiro atoms. The summed E-state index contributed by atoms with van der Waals surface area (Å²) in [6, 6.07) is 12.1. The summed E-state index contributed by atoms with van der Waals surface area (Å²) in [6.45, 7) is 0.395. The Labute approximate surface area is 176 Å². The van der Waals surface area contributed by atoms with E-state index in [0.29, 0.717) is 24.2 Å². The molecule has 0 bridgehead atoms. The van der Waals surface area contributed by atoms with Crippen molar-refractivity contribution >= 4 is 41.6 Å². The number of anilines is 1. The van der Waals surface area contributed by atoms with Crippen molar-refractivity contribution in [2.45, 2.75) is 12.8 Å². The van der Waals surface area contributed by atoms with Crippen LogP contribution in [-0.2, 0) is 11.2 Å². The van der Waals surface area contributed by atoms with Crippen LogP contribution in [0.3, 0.4) is 0 Å². The van der Waals surface area contributed by atoms with Crippen LogP contribution in [0.1, 0.15) is 15.9 Å². The predicted molar refractivity (Wildman–Crippen MR) is 110 cm³/mol. The van der Waals surface area contributed by atoms with Gasteiger partial charge in [-0.1, -0.05) is 12.1 Å². The number of nitrogens with zero attached hydrogens (tertiary/aromatic N) is 1. The van der Waals surface area contributed by atoms with Gasteiger partial charge in [0.1, 0.15) is 5.75 Å². The molecule has 3 N–H and O–H groups in total. The third kappa shape index (κ3) is 8.03. The lowest BCUT2D eigenvalue weighted by Crippen LogP contribution is -2.23. The van der Waals surface area contributed by atoms with Crippen LogP contribution in [0.25, 0.3) is 0 Å². The fourth-order valence-corrected chi connectivity index (χ4v) is 2.16. The average molecular weight is 509 g/mol. The molecule has 0 atom stereocenters. The summed E-state index contributed by atoms with van der Waals surface area (Å²) >= 11 is 0. The van der Waals surface area contributed by atoms with Crippen molar-refractivity contribution in [2.24, 2.45) is 10.7 Å². The number of hydrogen-bond donors (Lipinski definition) is 2. The Morgan fingerprint density at radius 2 is 1.71 bits per heavy atom. The van der Waals surface area contributed by atoms with Gasteiger partial charge in [0.15, 0.2) is 5.96 Å². The number of esters is 1. The Morgan fingerprint density at radius 1 is 1.11 bits per heavy atom. The van der Waals surface area contributed by atoms with Crippen molar-refractivity contribution in [2.75, 3.05) is 19.0 Å². The van der Waals surface area contributed by atoms with Crippen molar-refractivity contribution in [1.29, 1.82) is 0 Å². The summed E-state index contributed by atoms with van der Waals surface area (Å²) < 4.78 is 44.7.